The van der Waals surface area contributed by atoms with E-state index in [-0.39, 0.29) is 8.95 Å². The van der Waals surface area contributed by atoms with E-state index in [1.807, 2.05) is 4.98 Å². The number of halogens is 8. The van der Waals surface area contributed by atoms with Crippen LogP contribution < -0.4 is 11.1 Å². The zero-order chi connectivity index (χ0) is 19.6. The number of alkyl halides is 6. The fourth-order valence-electron chi connectivity index (χ4n) is 1.54. The Morgan fingerprint density at radius 3 is 1.84 bits per heavy atom. The molecule has 1 N–H and O–H groups in total. The van der Waals surface area contributed by atoms with Gasteiger partial charge in [0.2, 0.25) is 0 Å². The number of aromatic nitrogens is 2. The molecule has 2 rings (SSSR count). The van der Waals surface area contributed by atoms with E-state index in [1.54, 1.807) is 0 Å². The first-order chi connectivity index (χ1) is 11.2. The molecule has 0 aliphatic rings. The average Bonchev–Trinajstić information content (AvgIpc) is 2.44. The minimum atomic E-state index is -4.60. The summed E-state index contributed by atoms with van der Waals surface area (Å²) in [5, 5.41) is 0. The van der Waals surface area contributed by atoms with Crippen LogP contribution in [-0.2, 0) is 19.4 Å². The van der Waals surface area contributed by atoms with Crippen molar-refractivity contribution in [3.8, 4) is 0 Å². The third-order valence-corrected chi connectivity index (χ3v) is 3.52. The van der Waals surface area contributed by atoms with Gasteiger partial charge in [0.15, 0.2) is 0 Å². The molecular weight excluding hydrogens is 490 g/mol. The molecule has 0 amide bonds. The molecule has 0 unspecified atom stereocenters. The molecule has 0 saturated heterocycles. The predicted octanol–water partition coefficient (Wildman–Crippen LogP) is 4.32. The monoisotopic (exact) mass is 496 g/mol. The van der Waals surface area contributed by atoms with Crippen LogP contribution in [0.3, 0.4) is 0 Å². The van der Waals surface area contributed by atoms with Crippen molar-refractivity contribution in [1.82, 2.24) is 9.55 Å². The molecule has 0 aliphatic carbocycles. The quantitative estimate of drug-likeness (QED) is 0.551. The van der Waals surface area contributed by atoms with Crippen LogP contribution in [0.15, 0.2) is 43.1 Å². The van der Waals surface area contributed by atoms with Crippen LogP contribution >= 0.6 is 31.9 Å². The van der Waals surface area contributed by atoms with E-state index < -0.39 is 34.6 Å². The van der Waals surface area contributed by atoms with Gasteiger partial charge in [0, 0.05) is 28.4 Å². The van der Waals surface area contributed by atoms with Gasteiger partial charge in [0.25, 0.3) is 11.1 Å². The lowest BCUT2D eigenvalue weighted by atomic mass is 10.3. The van der Waals surface area contributed by atoms with Gasteiger partial charge in [-0.25, -0.2) is 0 Å². The van der Waals surface area contributed by atoms with Crippen LogP contribution in [0.1, 0.15) is 11.1 Å². The summed E-state index contributed by atoms with van der Waals surface area (Å²) in [5.74, 6) is 0. The van der Waals surface area contributed by atoms with Gasteiger partial charge in [0.1, 0.15) is 11.1 Å². The minimum Gasteiger partial charge on any atom is -0.327 e. The summed E-state index contributed by atoms with van der Waals surface area (Å²) in [6.45, 7) is 0. The number of H-pyrrole nitrogens is 1. The molecule has 0 spiro atoms. The standard InChI is InChI=1S/C7H5BrF3NO.C6H3BrF3NO/c1-12-3-4(8)2-5(6(12)13)7(9,10)11;7-3-1-4(6(8,9)10)5(12)11-2-3/h2-3H,1H3;1-2H,(H,11,12). The predicted molar refractivity (Wildman–Crippen MR) is 84.1 cm³/mol. The van der Waals surface area contributed by atoms with Crippen LogP contribution in [0.5, 0.6) is 0 Å². The molecule has 0 bridgehead atoms. The van der Waals surface area contributed by atoms with Crippen LogP contribution in [0, 0.1) is 0 Å². The molecule has 0 aliphatic heterocycles. The number of rotatable bonds is 0. The lowest BCUT2D eigenvalue weighted by molar-refractivity contribution is -0.139. The molecule has 0 radical (unpaired) electrons. The number of aryl methyl sites for hydroxylation is 1. The van der Waals surface area contributed by atoms with Crippen molar-refractivity contribution in [2.45, 2.75) is 12.4 Å². The molecule has 2 aromatic heterocycles. The summed E-state index contributed by atoms with van der Waals surface area (Å²) in [5.41, 5.74) is -4.54. The molecule has 0 atom stereocenters. The molecule has 0 saturated carbocycles. The van der Waals surface area contributed by atoms with E-state index in [0.29, 0.717) is 0 Å². The van der Waals surface area contributed by atoms with Crippen molar-refractivity contribution in [2.75, 3.05) is 0 Å². The first-order valence-corrected chi connectivity index (χ1v) is 7.71. The number of nitrogens with one attached hydrogen (secondary N) is 1. The smallest absolute Gasteiger partial charge is 0.327 e. The van der Waals surface area contributed by atoms with Gasteiger partial charge in [-0.15, -0.1) is 0 Å². The minimum absolute atomic E-state index is 0.189. The highest BCUT2D eigenvalue weighted by atomic mass is 79.9. The van der Waals surface area contributed by atoms with Crippen molar-refractivity contribution in [3.05, 3.63) is 65.3 Å². The Hall–Kier alpha value is -1.56. The maximum atomic E-state index is 12.2. The third-order valence-electron chi connectivity index (χ3n) is 2.63. The zero-order valence-corrected chi connectivity index (χ0v) is 15.3. The van der Waals surface area contributed by atoms with Crippen molar-refractivity contribution >= 4 is 31.9 Å². The Kier molecular flexibility index (Phi) is 6.68. The Labute approximate surface area is 152 Å². The Bertz CT molecular complexity index is 871. The largest absolute Gasteiger partial charge is 0.421 e. The second-order valence-electron chi connectivity index (χ2n) is 4.54. The van der Waals surface area contributed by atoms with E-state index in [1.165, 1.54) is 13.2 Å². The van der Waals surface area contributed by atoms with Gasteiger partial charge in [0.05, 0.1) is 0 Å². The van der Waals surface area contributed by atoms with Crippen LogP contribution in [0.25, 0.3) is 0 Å². The summed E-state index contributed by atoms with van der Waals surface area (Å²) >= 11 is 5.70. The molecule has 4 nitrogen and oxygen atoms in total. The number of nitrogens with zero attached hydrogens (tertiary/aromatic N) is 1. The van der Waals surface area contributed by atoms with Gasteiger partial charge >= 0.3 is 12.4 Å². The SMILES string of the molecule is Cn1cc(Br)cc(C(F)(F)F)c1=O.O=c1[nH]cc(Br)cc1C(F)(F)F. The topological polar surface area (TPSA) is 54.9 Å². The molecule has 0 fully saturated rings. The summed E-state index contributed by atoms with van der Waals surface area (Å²) in [4.78, 5) is 23.6. The average molecular weight is 498 g/mol. The summed E-state index contributed by atoms with van der Waals surface area (Å²) in [6, 6.07) is 1.50. The van der Waals surface area contributed by atoms with Crippen molar-refractivity contribution in [1.29, 1.82) is 0 Å². The molecule has 138 valence electrons. The lowest BCUT2D eigenvalue weighted by Gasteiger charge is -2.07. The van der Waals surface area contributed by atoms with Gasteiger partial charge in [-0.1, -0.05) is 0 Å². The number of pyridine rings is 2. The van der Waals surface area contributed by atoms with Gasteiger partial charge in [-0.05, 0) is 44.0 Å². The van der Waals surface area contributed by atoms with Gasteiger partial charge < -0.3 is 9.55 Å². The molecule has 0 aromatic carbocycles. The summed E-state index contributed by atoms with van der Waals surface area (Å²) < 4.78 is 73.8. The van der Waals surface area contributed by atoms with Crippen LogP contribution in [0.2, 0.25) is 0 Å². The van der Waals surface area contributed by atoms with Crippen LogP contribution in [0.4, 0.5) is 26.3 Å². The molecule has 2 heterocycles. The maximum Gasteiger partial charge on any atom is 0.421 e. The van der Waals surface area contributed by atoms with Gasteiger partial charge in [-0.3, -0.25) is 9.59 Å². The third kappa shape index (κ3) is 6.03. The van der Waals surface area contributed by atoms with E-state index in [0.717, 1.165) is 22.9 Å². The molecular formula is C13H8Br2F6N2O2. The fourth-order valence-corrected chi connectivity index (χ4v) is 2.42. The number of hydrogen-bond donors (Lipinski definition) is 1. The Morgan fingerprint density at radius 1 is 0.920 bits per heavy atom. The van der Waals surface area contributed by atoms with Crippen molar-refractivity contribution in [3.63, 3.8) is 0 Å². The highest BCUT2D eigenvalue weighted by molar-refractivity contribution is 9.10. The van der Waals surface area contributed by atoms with Gasteiger partial charge in [-0.2, -0.15) is 26.3 Å². The second kappa shape index (κ2) is 7.77. The van der Waals surface area contributed by atoms with Crippen molar-refractivity contribution < 1.29 is 26.3 Å². The van der Waals surface area contributed by atoms with E-state index >= 15 is 0 Å². The Morgan fingerprint density at radius 2 is 1.40 bits per heavy atom. The number of aromatic amines is 1. The molecule has 25 heavy (non-hydrogen) atoms. The van der Waals surface area contributed by atoms with Crippen LogP contribution in [-0.4, -0.2) is 9.55 Å². The normalized spacial score (nSPS) is 11.7. The van der Waals surface area contributed by atoms with E-state index in [4.69, 9.17) is 0 Å². The highest BCUT2D eigenvalue weighted by Crippen LogP contribution is 2.28. The van der Waals surface area contributed by atoms with Crippen molar-refractivity contribution in [2.24, 2.45) is 7.05 Å². The second-order valence-corrected chi connectivity index (χ2v) is 6.38. The molecule has 12 heteroatoms. The highest BCUT2D eigenvalue weighted by Gasteiger charge is 2.35. The Balaban J connectivity index is 0.000000251. The fraction of sp³-hybridized carbons (Fsp3) is 0.231. The molecule has 2 aromatic rings. The summed E-state index contributed by atoms with van der Waals surface area (Å²) in [7, 11) is 1.27. The maximum absolute atomic E-state index is 12.2. The van der Waals surface area contributed by atoms with E-state index in [9.17, 15) is 35.9 Å². The first-order valence-electron chi connectivity index (χ1n) is 6.12. The van der Waals surface area contributed by atoms with E-state index in [2.05, 4.69) is 31.9 Å². The first kappa shape index (κ1) is 21.5. The zero-order valence-electron chi connectivity index (χ0n) is 12.1. The lowest BCUT2D eigenvalue weighted by Crippen LogP contribution is -2.26. The summed E-state index contributed by atoms with van der Waals surface area (Å²) in [6.07, 6.45) is -6.77. The number of hydrogen-bond acceptors (Lipinski definition) is 2.